The molecule has 1 aliphatic heterocycles. The Bertz CT molecular complexity index is 605. The van der Waals surface area contributed by atoms with Crippen molar-refractivity contribution in [2.24, 2.45) is 0 Å². The van der Waals surface area contributed by atoms with Crippen molar-refractivity contribution in [2.45, 2.75) is 12.2 Å². The number of nitrogens with two attached hydrogens (primary N) is 1. The van der Waals surface area contributed by atoms with Gasteiger partial charge in [0.15, 0.2) is 0 Å². The van der Waals surface area contributed by atoms with Crippen molar-refractivity contribution in [2.75, 3.05) is 37.9 Å². The Labute approximate surface area is 118 Å². The summed E-state index contributed by atoms with van der Waals surface area (Å²) in [5, 5.41) is 1.10. The highest BCUT2D eigenvalue weighted by molar-refractivity contribution is 5.93. The second kappa shape index (κ2) is 5.26. The fourth-order valence-electron chi connectivity index (χ4n) is 2.82. The molecule has 20 heavy (non-hydrogen) atoms. The molecule has 1 aromatic carbocycles. The molecular formula is C15H19N3O2. The molecule has 1 aromatic heterocycles. The molecule has 2 aromatic rings. The van der Waals surface area contributed by atoms with Crippen LogP contribution in [-0.2, 0) is 9.47 Å². The number of pyridine rings is 1. The molecule has 2 heterocycles. The lowest BCUT2D eigenvalue weighted by atomic mass is 10.1. The summed E-state index contributed by atoms with van der Waals surface area (Å²) in [4.78, 5) is 6.66. The van der Waals surface area contributed by atoms with E-state index >= 15 is 0 Å². The summed E-state index contributed by atoms with van der Waals surface area (Å²) < 4.78 is 11.0. The lowest BCUT2D eigenvalue weighted by molar-refractivity contribution is -0.00461. The molecule has 5 heteroatoms. The molecule has 0 amide bonds. The van der Waals surface area contributed by atoms with Crippen molar-refractivity contribution >= 4 is 22.3 Å². The van der Waals surface area contributed by atoms with E-state index in [0.29, 0.717) is 0 Å². The zero-order valence-corrected chi connectivity index (χ0v) is 11.7. The minimum Gasteiger partial charge on any atom is -0.399 e. The molecule has 0 spiro atoms. The van der Waals surface area contributed by atoms with Crippen molar-refractivity contribution < 1.29 is 9.47 Å². The van der Waals surface area contributed by atoms with Crippen molar-refractivity contribution in [1.29, 1.82) is 0 Å². The second-order valence-electron chi connectivity index (χ2n) is 5.06. The number of hydrogen-bond donors (Lipinski definition) is 1. The topological polar surface area (TPSA) is 60.6 Å². The molecule has 3 rings (SSSR count). The van der Waals surface area contributed by atoms with Crippen LogP contribution < -0.4 is 10.6 Å². The first-order valence-corrected chi connectivity index (χ1v) is 6.67. The predicted molar refractivity (Wildman–Crippen MR) is 80.0 cm³/mol. The van der Waals surface area contributed by atoms with E-state index < -0.39 is 0 Å². The van der Waals surface area contributed by atoms with Gasteiger partial charge in [0.05, 0.1) is 5.52 Å². The van der Waals surface area contributed by atoms with E-state index in [4.69, 9.17) is 15.2 Å². The molecule has 0 aliphatic carbocycles. The van der Waals surface area contributed by atoms with E-state index in [-0.39, 0.29) is 12.2 Å². The van der Waals surface area contributed by atoms with Gasteiger partial charge in [-0.05, 0) is 24.3 Å². The maximum absolute atomic E-state index is 5.82. The number of anilines is 2. The van der Waals surface area contributed by atoms with E-state index in [2.05, 4.69) is 9.88 Å². The number of nitrogen functional groups attached to an aromatic ring is 1. The Balaban J connectivity index is 1.99. The molecule has 1 saturated heterocycles. The zero-order chi connectivity index (χ0) is 14.1. The molecular weight excluding hydrogens is 254 g/mol. The molecule has 1 fully saturated rings. The molecule has 0 saturated carbocycles. The summed E-state index contributed by atoms with van der Waals surface area (Å²) in [5.41, 5.74) is 8.61. The summed E-state index contributed by atoms with van der Waals surface area (Å²) >= 11 is 0. The van der Waals surface area contributed by atoms with Crippen LogP contribution in [-0.4, -0.2) is 44.5 Å². The van der Waals surface area contributed by atoms with Gasteiger partial charge in [0.2, 0.25) is 0 Å². The Morgan fingerprint density at radius 2 is 1.85 bits per heavy atom. The highest BCUT2D eigenvalue weighted by Crippen LogP contribution is 2.30. The smallest absolute Gasteiger partial charge is 0.102 e. The SMILES string of the molecule is COC1CN(c2ccnc3cc(N)ccc23)CC1OC. The third-order valence-electron chi connectivity index (χ3n) is 3.91. The van der Waals surface area contributed by atoms with Crippen molar-refractivity contribution in [3.8, 4) is 0 Å². The number of rotatable bonds is 3. The molecule has 106 valence electrons. The summed E-state index contributed by atoms with van der Waals surface area (Å²) in [6.45, 7) is 1.64. The Morgan fingerprint density at radius 1 is 1.15 bits per heavy atom. The van der Waals surface area contributed by atoms with Crippen molar-refractivity contribution in [3.05, 3.63) is 30.5 Å². The van der Waals surface area contributed by atoms with E-state index in [1.807, 2.05) is 30.5 Å². The van der Waals surface area contributed by atoms with Crippen LogP contribution in [0, 0.1) is 0 Å². The van der Waals surface area contributed by atoms with E-state index in [0.717, 1.165) is 35.4 Å². The third kappa shape index (κ3) is 2.19. The number of hydrogen-bond acceptors (Lipinski definition) is 5. The number of methoxy groups -OCH3 is 2. The van der Waals surface area contributed by atoms with Crippen LogP contribution in [0.2, 0.25) is 0 Å². The lowest BCUT2D eigenvalue weighted by Crippen LogP contribution is -2.27. The van der Waals surface area contributed by atoms with Crippen molar-refractivity contribution in [3.63, 3.8) is 0 Å². The molecule has 0 bridgehead atoms. The highest BCUT2D eigenvalue weighted by Gasteiger charge is 2.33. The molecule has 2 N–H and O–H groups in total. The number of benzene rings is 1. The summed E-state index contributed by atoms with van der Waals surface area (Å²) in [7, 11) is 3.46. The Hall–Kier alpha value is -1.85. The van der Waals surface area contributed by atoms with E-state index in [1.54, 1.807) is 14.2 Å². The van der Waals surface area contributed by atoms with Crippen LogP contribution in [0.5, 0.6) is 0 Å². The molecule has 1 aliphatic rings. The maximum Gasteiger partial charge on any atom is 0.102 e. The van der Waals surface area contributed by atoms with Gasteiger partial charge in [-0.3, -0.25) is 4.98 Å². The van der Waals surface area contributed by atoms with Crippen LogP contribution in [0.3, 0.4) is 0 Å². The van der Waals surface area contributed by atoms with Crippen LogP contribution in [0.25, 0.3) is 10.9 Å². The maximum atomic E-state index is 5.82. The third-order valence-corrected chi connectivity index (χ3v) is 3.91. The lowest BCUT2D eigenvalue weighted by Gasteiger charge is -2.20. The van der Waals surface area contributed by atoms with Crippen LogP contribution >= 0.6 is 0 Å². The van der Waals surface area contributed by atoms with Gasteiger partial charge in [-0.2, -0.15) is 0 Å². The number of nitrogens with zero attached hydrogens (tertiary/aromatic N) is 2. The first kappa shape index (κ1) is 13.1. The van der Waals surface area contributed by atoms with Crippen LogP contribution in [0.15, 0.2) is 30.5 Å². The fourth-order valence-corrected chi connectivity index (χ4v) is 2.82. The van der Waals surface area contributed by atoms with Crippen molar-refractivity contribution in [1.82, 2.24) is 4.98 Å². The number of ether oxygens (including phenoxy) is 2. The first-order chi connectivity index (χ1) is 9.72. The Kier molecular flexibility index (Phi) is 3.46. The van der Waals surface area contributed by atoms with Gasteiger partial charge in [-0.15, -0.1) is 0 Å². The molecule has 0 radical (unpaired) electrons. The molecule has 5 nitrogen and oxygen atoms in total. The largest absolute Gasteiger partial charge is 0.399 e. The Morgan fingerprint density at radius 3 is 2.50 bits per heavy atom. The van der Waals surface area contributed by atoms with E-state index in [1.165, 1.54) is 0 Å². The van der Waals surface area contributed by atoms with Gasteiger partial charge in [0.1, 0.15) is 12.2 Å². The van der Waals surface area contributed by atoms with Crippen LogP contribution in [0.1, 0.15) is 0 Å². The quantitative estimate of drug-likeness (QED) is 0.862. The monoisotopic (exact) mass is 273 g/mol. The standard InChI is InChI=1S/C15H19N3O2/c1-19-14-8-18(9-15(14)20-2)13-5-6-17-12-7-10(16)3-4-11(12)13/h3-7,14-15H,8-9,16H2,1-2H3. The van der Waals surface area contributed by atoms with Gasteiger partial charge >= 0.3 is 0 Å². The fraction of sp³-hybridized carbons (Fsp3) is 0.400. The minimum atomic E-state index is 0.0944. The molecule has 2 atom stereocenters. The number of aromatic nitrogens is 1. The highest BCUT2D eigenvalue weighted by atomic mass is 16.5. The van der Waals surface area contributed by atoms with Gasteiger partial charge < -0.3 is 20.1 Å². The molecule has 2 unspecified atom stereocenters. The number of fused-ring (bicyclic) bond motifs is 1. The summed E-state index contributed by atoms with van der Waals surface area (Å²) in [5.74, 6) is 0. The minimum absolute atomic E-state index is 0.0944. The summed E-state index contributed by atoms with van der Waals surface area (Å²) in [6, 6.07) is 7.86. The van der Waals surface area contributed by atoms with E-state index in [9.17, 15) is 0 Å². The normalized spacial score (nSPS) is 22.6. The first-order valence-electron chi connectivity index (χ1n) is 6.67. The zero-order valence-electron chi connectivity index (χ0n) is 11.7. The predicted octanol–water partition coefficient (Wildman–Crippen LogP) is 1.67. The van der Waals surface area contributed by atoms with Gasteiger partial charge in [-0.25, -0.2) is 0 Å². The van der Waals surface area contributed by atoms with Gasteiger partial charge in [0, 0.05) is 50.3 Å². The average Bonchev–Trinajstić information content (AvgIpc) is 2.89. The second-order valence-corrected chi connectivity index (χ2v) is 5.06. The van der Waals surface area contributed by atoms with Crippen LogP contribution in [0.4, 0.5) is 11.4 Å². The van der Waals surface area contributed by atoms with Gasteiger partial charge in [0.25, 0.3) is 0 Å². The average molecular weight is 273 g/mol. The summed E-state index contributed by atoms with van der Waals surface area (Å²) in [6.07, 6.45) is 2.01. The van der Waals surface area contributed by atoms with Gasteiger partial charge in [-0.1, -0.05) is 0 Å².